The molecule has 1 amide bonds. The van der Waals surface area contributed by atoms with Crippen molar-refractivity contribution in [1.82, 2.24) is 24.5 Å². The quantitative estimate of drug-likeness (QED) is 0.876. The number of aromatic nitrogens is 4. The van der Waals surface area contributed by atoms with Gasteiger partial charge < -0.3 is 10.0 Å². The summed E-state index contributed by atoms with van der Waals surface area (Å²) in [5.41, 5.74) is 1.61. The number of hydrogen-bond acceptors (Lipinski definition) is 5. The first-order chi connectivity index (χ1) is 9.95. The minimum absolute atomic E-state index is 0.00986. The SMILES string of the molecule is Cc1cc(C)n2nc(C(=O)N(CC(=O)O)C3CC3)nc2n1. The van der Waals surface area contributed by atoms with E-state index in [1.54, 1.807) is 0 Å². The van der Waals surface area contributed by atoms with Crippen LogP contribution in [0.25, 0.3) is 5.78 Å². The van der Waals surface area contributed by atoms with E-state index >= 15 is 0 Å². The van der Waals surface area contributed by atoms with Gasteiger partial charge in [-0.25, -0.2) is 9.50 Å². The zero-order valence-corrected chi connectivity index (χ0v) is 11.8. The first kappa shape index (κ1) is 13.5. The molecule has 0 aliphatic heterocycles. The normalized spacial score (nSPS) is 14.4. The lowest BCUT2D eigenvalue weighted by Gasteiger charge is -2.17. The first-order valence-electron chi connectivity index (χ1n) is 6.69. The van der Waals surface area contributed by atoms with Gasteiger partial charge in [0.05, 0.1) is 0 Å². The van der Waals surface area contributed by atoms with E-state index in [0.29, 0.717) is 5.78 Å². The molecule has 0 saturated heterocycles. The van der Waals surface area contributed by atoms with Gasteiger partial charge in [-0.2, -0.15) is 4.98 Å². The third kappa shape index (κ3) is 2.56. The summed E-state index contributed by atoms with van der Waals surface area (Å²) in [5.74, 6) is -1.15. The van der Waals surface area contributed by atoms with Gasteiger partial charge >= 0.3 is 5.97 Å². The number of hydrogen-bond donors (Lipinski definition) is 1. The molecule has 3 rings (SSSR count). The third-order valence-electron chi connectivity index (χ3n) is 3.36. The Bertz CT molecular complexity index is 735. The van der Waals surface area contributed by atoms with Gasteiger partial charge in [-0.1, -0.05) is 0 Å². The summed E-state index contributed by atoms with van der Waals surface area (Å²) < 4.78 is 1.49. The Morgan fingerprint density at radius 1 is 1.38 bits per heavy atom. The molecule has 0 aromatic carbocycles. The van der Waals surface area contributed by atoms with Crippen LogP contribution in [0.1, 0.15) is 34.8 Å². The molecule has 8 nitrogen and oxygen atoms in total. The molecule has 2 aromatic rings. The Morgan fingerprint density at radius 2 is 2.10 bits per heavy atom. The van der Waals surface area contributed by atoms with Crippen molar-refractivity contribution in [3.63, 3.8) is 0 Å². The van der Waals surface area contributed by atoms with Crippen LogP contribution in [-0.4, -0.2) is 54.1 Å². The van der Waals surface area contributed by atoms with E-state index in [1.165, 1.54) is 9.42 Å². The summed E-state index contributed by atoms with van der Waals surface area (Å²) in [4.78, 5) is 33.0. The molecule has 2 heterocycles. The fourth-order valence-electron chi connectivity index (χ4n) is 2.28. The number of carboxylic acid groups (broad SMARTS) is 1. The highest BCUT2D eigenvalue weighted by molar-refractivity contribution is 5.93. The van der Waals surface area contributed by atoms with E-state index in [4.69, 9.17) is 5.11 Å². The Morgan fingerprint density at radius 3 is 2.71 bits per heavy atom. The Kier molecular flexibility index (Phi) is 3.08. The largest absolute Gasteiger partial charge is 0.480 e. The summed E-state index contributed by atoms with van der Waals surface area (Å²) in [6.07, 6.45) is 1.64. The van der Waals surface area contributed by atoms with Crippen LogP contribution in [0.15, 0.2) is 6.07 Å². The summed E-state index contributed by atoms with van der Waals surface area (Å²) in [6, 6.07) is 1.82. The number of carbonyl (C=O) groups is 2. The molecule has 8 heteroatoms. The number of rotatable bonds is 4. The van der Waals surface area contributed by atoms with E-state index in [9.17, 15) is 9.59 Å². The van der Waals surface area contributed by atoms with Crippen LogP contribution in [0, 0.1) is 13.8 Å². The van der Waals surface area contributed by atoms with Gasteiger partial charge in [-0.3, -0.25) is 9.59 Å². The van der Waals surface area contributed by atoms with Crippen LogP contribution in [-0.2, 0) is 4.79 Å². The summed E-state index contributed by atoms with van der Waals surface area (Å²) in [7, 11) is 0. The molecule has 0 radical (unpaired) electrons. The number of carboxylic acids is 1. The van der Waals surface area contributed by atoms with Crippen LogP contribution in [0.5, 0.6) is 0 Å². The van der Waals surface area contributed by atoms with Gasteiger partial charge in [0.15, 0.2) is 0 Å². The van der Waals surface area contributed by atoms with E-state index in [-0.39, 0.29) is 18.4 Å². The molecule has 0 bridgehead atoms. The predicted octanol–water partition coefficient (Wildman–Crippen LogP) is 0.430. The maximum atomic E-state index is 12.4. The second kappa shape index (κ2) is 4.80. The number of carbonyl (C=O) groups excluding carboxylic acids is 1. The molecule has 1 fully saturated rings. The van der Waals surface area contributed by atoms with Crippen molar-refractivity contribution in [2.75, 3.05) is 6.54 Å². The van der Waals surface area contributed by atoms with Crippen LogP contribution in [0.3, 0.4) is 0 Å². The van der Waals surface area contributed by atoms with Crippen LogP contribution < -0.4 is 0 Å². The minimum Gasteiger partial charge on any atom is -0.480 e. The predicted molar refractivity (Wildman–Crippen MR) is 72.0 cm³/mol. The molecule has 21 heavy (non-hydrogen) atoms. The van der Waals surface area contributed by atoms with Gasteiger partial charge in [-0.05, 0) is 32.8 Å². The molecule has 0 unspecified atom stereocenters. The smallest absolute Gasteiger partial charge is 0.323 e. The second-order valence-electron chi connectivity index (χ2n) is 5.24. The van der Waals surface area contributed by atoms with Crippen LogP contribution in [0.4, 0.5) is 0 Å². The lowest BCUT2D eigenvalue weighted by molar-refractivity contribution is -0.137. The number of fused-ring (bicyclic) bond motifs is 1. The van der Waals surface area contributed by atoms with Crippen molar-refractivity contribution < 1.29 is 14.7 Å². The highest BCUT2D eigenvalue weighted by atomic mass is 16.4. The molecule has 2 aromatic heterocycles. The van der Waals surface area contributed by atoms with Gasteiger partial charge in [-0.15, -0.1) is 5.10 Å². The lowest BCUT2D eigenvalue weighted by atomic mass is 10.4. The van der Waals surface area contributed by atoms with E-state index in [1.807, 2.05) is 19.9 Å². The average molecular weight is 289 g/mol. The van der Waals surface area contributed by atoms with Gasteiger partial charge in [0.2, 0.25) is 5.82 Å². The molecule has 0 atom stereocenters. The Hall–Kier alpha value is -2.51. The van der Waals surface area contributed by atoms with Crippen molar-refractivity contribution >= 4 is 17.7 Å². The maximum Gasteiger partial charge on any atom is 0.323 e. The van der Waals surface area contributed by atoms with Crippen molar-refractivity contribution in [1.29, 1.82) is 0 Å². The molecule has 1 aliphatic rings. The van der Waals surface area contributed by atoms with Crippen molar-refractivity contribution in [2.45, 2.75) is 32.7 Å². The van der Waals surface area contributed by atoms with E-state index < -0.39 is 11.9 Å². The Labute approximate surface area is 120 Å². The van der Waals surface area contributed by atoms with Gasteiger partial charge in [0, 0.05) is 17.4 Å². The standard InChI is InChI=1S/C13H15N5O3/c1-7-5-8(2)18-13(14-7)15-11(16-18)12(21)17(6-10(19)20)9-3-4-9/h5,9H,3-4,6H2,1-2H3,(H,19,20). The van der Waals surface area contributed by atoms with E-state index in [0.717, 1.165) is 24.2 Å². The molecular weight excluding hydrogens is 274 g/mol. The maximum absolute atomic E-state index is 12.4. The fourth-order valence-corrected chi connectivity index (χ4v) is 2.28. The van der Waals surface area contributed by atoms with Crippen LogP contribution in [0.2, 0.25) is 0 Å². The zero-order chi connectivity index (χ0) is 15.1. The highest BCUT2D eigenvalue weighted by Gasteiger charge is 2.36. The topological polar surface area (TPSA) is 101 Å². The molecule has 0 spiro atoms. The molecule has 1 aliphatic carbocycles. The average Bonchev–Trinajstić information content (AvgIpc) is 3.14. The number of nitrogens with zero attached hydrogens (tertiary/aromatic N) is 5. The third-order valence-corrected chi connectivity index (χ3v) is 3.36. The van der Waals surface area contributed by atoms with Crippen molar-refractivity contribution in [3.8, 4) is 0 Å². The van der Waals surface area contributed by atoms with Crippen LogP contribution >= 0.6 is 0 Å². The first-order valence-corrected chi connectivity index (χ1v) is 6.69. The zero-order valence-electron chi connectivity index (χ0n) is 11.8. The second-order valence-corrected chi connectivity index (χ2v) is 5.24. The number of amides is 1. The van der Waals surface area contributed by atoms with Gasteiger partial charge in [0.25, 0.3) is 11.7 Å². The lowest BCUT2D eigenvalue weighted by Crippen LogP contribution is -2.38. The van der Waals surface area contributed by atoms with Crippen molar-refractivity contribution in [3.05, 3.63) is 23.3 Å². The molecular formula is C13H15N5O3. The molecule has 1 saturated carbocycles. The van der Waals surface area contributed by atoms with Gasteiger partial charge in [0.1, 0.15) is 6.54 Å². The minimum atomic E-state index is -1.04. The summed E-state index contributed by atoms with van der Waals surface area (Å²) in [5, 5.41) is 13.1. The molecule has 110 valence electrons. The van der Waals surface area contributed by atoms with E-state index in [2.05, 4.69) is 15.1 Å². The number of aliphatic carboxylic acids is 1. The van der Waals surface area contributed by atoms with Crippen molar-refractivity contribution in [2.24, 2.45) is 0 Å². The highest BCUT2D eigenvalue weighted by Crippen LogP contribution is 2.27. The summed E-state index contributed by atoms with van der Waals surface area (Å²) in [6.45, 7) is 3.36. The number of aryl methyl sites for hydroxylation is 2. The summed E-state index contributed by atoms with van der Waals surface area (Å²) >= 11 is 0. The molecule has 1 N–H and O–H groups in total. The monoisotopic (exact) mass is 289 g/mol. The Balaban J connectivity index is 1.96. The fraction of sp³-hybridized carbons (Fsp3) is 0.462.